The van der Waals surface area contributed by atoms with Crippen molar-refractivity contribution in [1.29, 1.82) is 0 Å². The molecule has 6 nitrogen and oxygen atoms in total. The van der Waals surface area contributed by atoms with Gasteiger partial charge in [-0.1, -0.05) is 24.3 Å². The van der Waals surface area contributed by atoms with Crippen LogP contribution in [-0.4, -0.2) is 30.7 Å². The van der Waals surface area contributed by atoms with Crippen molar-refractivity contribution in [2.45, 2.75) is 25.7 Å². The number of allylic oxidation sites excluding steroid dienone is 2. The Labute approximate surface area is 162 Å². The minimum atomic E-state index is -0.522. The average Bonchev–Trinajstić information content (AvgIpc) is 3.03. The van der Waals surface area contributed by atoms with E-state index < -0.39 is 17.1 Å². The van der Waals surface area contributed by atoms with Gasteiger partial charge in [-0.05, 0) is 49.7 Å². The lowest BCUT2D eigenvalue weighted by Crippen LogP contribution is -2.41. The van der Waals surface area contributed by atoms with Crippen LogP contribution in [0.4, 0.5) is 10.1 Å². The summed E-state index contributed by atoms with van der Waals surface area (Å²) in [6, 6.07) is 4.85. The van der Waals surface area contributed by atoms with Crippen LogP contribution in [0.1, 0.15) is 25.7 Å². The van der Waals surface area contributed by atoms with Gasteiger partial charge in [-0.2, -0.15) is 0 Å². The third-order valence-electron chi connectivity index (χ3n) is 6.38. The van der Waals surface area contributed by atoms with Crippen molar-refractivity contribution in [1.82, 2.24) is 5.48 Å². The number of amides is 2. The van der Waals surface area contributed by atoms with Crippen molar-refractivity contribution in [3.05, 3.63) is 47.8 Å². The lowest BCUT2D eigenvalue weighted by atomic mass is 9.63. The molecular weight excluding hydrogens is 363 g/mol. The Morgan fingerprint density at radius 3 is 2.93 bits per heavy atom. The molecule has 0 aromatic heterocycles. The van der Waals surface area contributed by atoms with Gasteiger partial charge in [-0.3, -0.25) is 14.8 Å². The summed E-state index contributed by atoms with van der Waals surface area (Å²) in [5.41, 5.74) is 1.88. The molecular formula is C21H23FN2O4. The highest BCUT2D eigenvalue weighted by Crippen LogP contribution is 2.51. The molecule has 2 amide bonds. The van der Waals surface area contributed by atoms with Gasteiger partial charge in [0, 0.05) is 12.1 Å². The number of carbonyl (C=O) groups is 2. The molecule has 28 heavy (non-hydrogen) atoms. The Morgan fingerprint density at radius 1 is 1.36 bits per heavy atom. The highest BCUT2D eigenvalue weighted by atomic mass is 19.1. The van der Waals surface area contributed by atoms with Crippen LogP contribution in [0.15, 0.2) is 42.0 Å². The van der Waals surface area contributed by atoms with E-state index in [1.807, 2.05) is 12.2 Å². The minimum absolute atomic E-state index is 0.0330. The molecule has 1 aromatic carbocycles. The first-order chi connectivity index (χ1) is 13.5. The number of rotatable bonds is 3. The first-order valence-corrected chi connectivity index (χ1v) is 9.48. The summed E-state index contributed by atoms with van der Waals surface area (Å²) in [5, 5.41) is 8.82. The summed E-state index contributed by atoms with van der Waals surface area (Å²) >= 11 is 0. The topological polar surface area (TPSA) is 78.9 Å². The fourth-order valence-corrected chi connectivity index (χ4v) is 4.85. The summed E-state index contributed by atoms with van der Waals surface area (Å²) < 4.78 is 19.7. The fraction of sp³-hybridized carbons (Fsp3) is 0.429. The number of nitrogens with one attached hydrogen (secondary N) is 1. The first-order valence-electron chi connectivity index (χ1n) is 9.48. The largest absolute Gasteiger partial charge is 0.494 e. The number of hydrogen-bond donors (Lipinski definition) is 2. The van der Waals surface area contributed by atoms with Gasteiger partial charge < -0.3 is 9.64 Å². The summed E-state index contributed by atoms with van der Waals surface area (Å²) in [4.78, 5) is 26.5. The molecule has 1 aliphatic heterocycles. The molecule has 2 fully saturated rings. The van der Waals surface area contributed by atoms with Crippen LogP contribution < -0.4 is 15.1 Å². The van der Waals surface area contributed by atoms with Gasteiger partial charge in [-0.15, -0.1) is 0 Å². The maximum Gasteiger partial charge on any atom is 0.274 e. The normalized spacial score (nSPS) is 28.9. The molecule has 4 rings (SSSR count). The zero-order valence-electron chi connectivity index (χ0n) is 15.7. The van der Waals surface area contributed by atoms with E-state index in [1.54, 1.807) is 34.7 Å². The standard InChI is InChI=1S/C21H23FN2O4/c1-28-17-4-2-3-16(18(17)22)24-10-9-21(20(24)26)8-7-13-11-14(19(25)23-27)5-6-15(13)12-21/h2-6,11,13,15,27H,7-10,12H2,1H3,(H,23,25)/t13?,15?,21-/m0/s1. The molecule has 2 N–H and O–H groups in total. The Morgan fingerprint density at radius 2 is 2.18 bits per heavy atom. The van der Waals surface area contributed by atoms with Crippen molar-refractivity contribution in [3.8, 4) is 5.75 Å². The van der Waals surface area contributed by atoms with Gasteiger partial charge in [-0.25, -0.2) is 9.87 Å². The molecule has 7 heteroatoms. The van der Waals surface area contributed by atoms with E-state index in [0.717, 1.165) is 6.42 Å². The highest BCUT2D eigenvalue weighted by molar-refractivity contribution is 6.00. The zero-order chi connectivity index (χ0) is 19.9. The predicted octanol–water partition coefficient (Wildman–Crippen LogP) is 2.98. The van der Waals surface area contributed by atoms with Crippen LogP contribution in [0.25, 0.3) is 0 Å². The van der Waals surface area contributed by atoms with E-state index in [0.29, 0.717) is 31.4 Å². The number of hydroxylamine groups is 1. The van der Waals surface area contributed by atoms with Crippen LogP contribution in [0, 0.1) is 23.1 Å². The van der Waals surface area contributed by atoms with Gasteiger partial charge >= 0.3 is 0 Å². The number of hydrogen-bond acceptors (Lipinski definition) is 4. The van der Waals surface area contributed by atoms with Crippen LogP contribution in [-0.2, 0) is 9.59 Å². The van der Waals surface area contributed by atoms with E-state index in [2.05, 4.69) is 0 Å². The highest BCUT2D eigenvalue weighted by Gasteiger charge is 2.51. The number of carbonyl (C=O) groups excluding carboxylic acids is 2. The van der Waals surface area contributed by atoms with Gasteiger partial charge in [0.15, 0.2) is 11.6 Å². The molecule has 1 saturated heterocycles. The second-order valence-corrected chi connectivity index (χ2v) is 7.77. The SMILES string of the molecule is COc1cccc(N2CC[C@]3(CCC4C=C(C(=O)NO)C=CC4C3)C2=O)c1F. The molecule has 0 bridgehead atoms. The molecule has 0 radical (unpaired) electrons. The Hall–Kier alpha value is -2.67. The van der Waals surface area contributed by atoms with Crippen molar-refractivity contribution in [2.24, 2.45) is 17.3 Å². The van der Waals surface area contributed by atoms with E-state index in [4.69, 9.17) is 9.94 Å². The van der Waals surface area contributed by atoms with Crippen molar-refractivity contribution in [2.75, 3.05) is 18.6 Å². The molecule has 2 aliphatic carbocycles. The van der Waals surface area contributed by atoms with Gasteiger partial charge in [0.2, 0.25) is 5.91 Å². The van der Waals surface area contributed by atoms with Crippen LogP contribution in [0.3, 0.4) is 0 Å². The monoisotopic (exact) mass is 386 g/mol. The number of fused-ring (bicyclic) bond motifs is 1. The van der Waals surface area contributed by atoms with E-state index in [9.17, 15) is 14.0 Å². The van der Waals surface area contributed by atoms with Crippen LogP contribution >= 0.6 is 0 Å². The minimum Gasteiger partial charge on any atom is -0.494 e. The molecule has 1 spiro atoms. The van der Waals surface area contributed by atoms with Crippen molar-refractivity contribution < 1.29 is 23.9 Å². The molecule has 3 aliphatic rings. The number of benzene rings is 1. The second kappa shape index (κ2) is 7.05. The number of nitrogens with zero attached hydrogens (tertiary/aromatic N) is 1. The van der Waals surface area contributed by atoms with Gasteiger partial charge in [0.25, 0.3) is 5.91 Å². The molecule has 1 saturated carbocycles. The number of anilines is 1. The fourth-order valence-electron chi connectivity index (χ4n) is 4.85. The van der Waals surface area contributed by atoms with Gasteiger partial charge in [0.1, 0.15) is 0 Å². The smallest absolute Gasteiger partial charge is 0.274 e. The molecule has 3 atom stereocenters. The lowest BCUT2D eigenvalue weighted by Gasteiger charge is -2.40. The zero-order valence-corrected chi connectivity index (χ0v) is 15.7. The Kier molecular flexibility index (Phi) is 4.71. The quantitative estimate of drug-likeness (QED) is 0.618. The van der Waals surface area contributed by atoms with E-state index in [-0.39, 0.29) is 29.2 Å². The maximum atomic E-state index is 14.7. The van der Waals surface area contributed by atoms with Crippen LogP contribution in [0.5, 0.6) is 5.75 Å². The number of halogens is 1. The Bertz CT molecular complexity index is 881. The second-order valence-electron chi connectivity index (χ2n) is 7.77. The maximum absolute atomic E-state index is 14.7. The third-order valence-corrected chi connectivity index (χ3v) is 6.38. The molecule has 2 unspecified atom stereocenters. The van der Waals surface area contributed by atoms with E-state index >= 15 is 0 Å². The lowest BCUT2D eigenvalue weighted by molar-refractivity contribution is -0.128. The predicted molar refractivity (Wildman–Crippen MR) is 100 cm³/mol. The van der Waals surface area contributed by atoms with Crippen LogP contribution in [0.2, 0.25) is 0 Å². The summed E-state index contributed by atoms with van der Waals surface area (Å²) in [5.74, 6) is -0.614. The average molecular weight is 386 g/mol. The third kappa shape index (κ3) is 2.90. The number of methoxy groups -OCH3 is 1. The summed E-state index contributed by atoms with van der Waals surface area (Å²) in [6.07, 6.45) is 8.38. The van der Waals surface area contributed by atoms with Crippen molar-refractivity contribution >= 4 is 17.5 Å². The molecule has 1 heterocycles. The summed E-state index contributed by atoms with van der Waals surface area (Å²) in [7, 11) is 1.41. The van der Waals surface area contributed by atoms with Crippen molar-refractivity contribution in [3.63, 3.8) is 0 Å². The number of ether oxygens (including phenoxy) is 1. The Balaban J connectivity index is 1.54. The van der Waals surface area contributed by atoms with Gasteiger partial charge in [0.05, 0.1) is 18.2 Å². The summed E-state index contributed by atoms with van der Waals surface area (Å²) in [6.45, 7) is 0.484. The van der Waals surface area contributed by atoms with E-state index in [1.165, 1.54) is 7.11 Å². The first kappa shape index (κ1) is 18.7. The molecule has 1 aromatic rings. The molecule has 148 valence electrons.